The lowest BCUT2D eigenvalue weighted by Crippen LogP contribution is -2.43. The summed E-state index contributed by atoms with van der Waals surface area (Å²) < 4.78 is 0. The number of nitrogen functional groups attached to an aromatic ring is 1. The molecular formula is C14H20N2O3. The normalized spacial score (nSPS) is 23.0. The lowest BCUT2D eigenvalue weighted by atomic mass is 9.85. The molecule has 1 aromatic carbocycles. The maximum atomic E-state index is 12.1. The molecule has 1 amide bonds. The van der Waals surface area contributed by atoms with Gasteiger partial charge in [0.2, 0.25) is 0 Å². The van der Waals surface area contributed by atoms with Crippen LogP contribution in [0.1, 0.15) is 36.0 Å². The van der Waals surface area contributed by atoms with Crippen molar-refractivity contribution in [2.24, 2.45) is 5.92 Å². The number of anilines is 1. The van der Waals surface area contributed by atoms with Crippen LogP contribution in [0.4, 0.5) is 5.69 Å². The van der Waals surface area contributed by atoms with Crippen molar-refractivity contribution in [3.05, 3.63) is 23.8 Å². The third-order valence-electron chi connectivity index (χ3n) is 3.75. The highest BCUT2D eigenvalue weighted by molar-refractivity contribution is 5.95. The number of phenolic OH excluding ortho intramolecular Hbond substituents is 1. The first kappa shape index (κ1) is 13.7. The number of amides is 1. The van der Waals surface area contributed by atoms with Crippen LogP contribution in [0.25, 0.3) is 0 Å². The first-order valence-corrected chi connectivity index (χ1v) is 6.62. The van der Waals surface area contributed by atoms with E-state index in [-0.39, 0.29) is 35.9 Å². The molecule has 2 atom stereocenters. The van der Waals surface area contributed by atoms with Crippen molar-refractivity contribution < 1.29 is 15.0 Å². The fraction of sp³-hybridized carbons (Fsp3) is 0.500. The van der Waals surface area contributed by atoms with Crippen molar-refractivity contribution in [1.82, 2.24) is 5.32 Å². The number of hydrogen-bond acceptors (Lipinski definition) is 4. The molecule has 1 fully saturated rings. The number of hydrogen-bond donors (Lipinski definition) is 4. The Kier molecular flexibility index (Phi) is 4.27. The summed E-state index contributed by atoms with van der Waals surface area (Å²) in [7, 11) is 0. The number of aliphatic hydroxyl groups excluding tert-OH is 1. The number of nitrogens with two attached hydrogens (primary N) is 1. The summed E-state index contributed by atoms with van der Waals surface area (Å²) in [5, 5.41) is 21.8. The van der Waals surface area contributed by atoms with Crippen LogP contribution < -0.4 is 11.1 Å². The van der Waals surface area contributed by atoms with Crippen molar-refractivity contribution in [3.8, 4) is 5.75 Å². The van der Waals surface area contributed by atoms with Gasteiger partial charge in [-0.25, -0.2) is 0 Å². The predicted octanol–water partition coefficient (Wildman–Crippen LogP) is 1.26. The molecule has 0 radical (unpaired) electrons. The second kappa shape index (κ2) is 5.93. The Hall–Kier alpha value is -1.75. The molecule has 1 saturated carbocycles. The Balaban J connectivity index is 2.05. The van der Waals surface area contributed by atoms with E-state index < -0.39 is 0 Å². The van der Waals surface area contributed by atoms with Gasteiger partial charge < -0.3 is 21.3 Å². The number of aliphatic hydroxyl groups is 1. The Morgan fingerprint density at radius 1 is 1.37 bits per heavy atom. The second-order valence-electron chi connectivity index (χ2n) is 5.08. The van der Waals surface area contributed by atoms with Gasteiger partial charge in [0, 0.05) is 24.1 Å². The maximum Gasteiger partial charge on any atom is 0.251 e. The number of phenols is 1. The lowest BCUT2D eigenvalue weighted by molar-refractivity contribution is 0.0872. The van der Waals surface area contributed by atoms with Crippen molar-refractivity contribution in [1.29, 1.82) is 0 Å². The van der Waals surface area contributed by atoms with Crippen molar-refractivity contribution >= 4 is 11.6 Å². The van der Waals surface area contributed by atoms with Gasteiger partial charge in [0.05, 0.1) is 5.69 Å². The van der Waals surface area contributed by atoms with Crippen molar-refractivity contribution in [2.75, 3.05) is 12.3 Å². The summed E-state index contributed by atoms with van der Waals surface area (Å²) >= 11 is 0. The molecule has 0 aliphatic heterocycles. The Morgan fingerprint density at radius 2 is 2.11 bits per heavy atom. The van der Waals surface area contributed by atoms with Crippen LogP contribution in [0.5, 0.6) is 5.75 Å². The standard InChI is InChI=1S/C14H20N2O3/c15-11-6-5-9(7-13(11)18)14(19)16-12-4-2-1-3-10(12)8-17/h5-7,10,12,17-18H,1-4,8,15H2,(H,16,19). The molecule has 19 heavy (non-hydrogen) atoms. The van der Waals surface area contributed by atoms with E-state index in [0.717, 1.165) is 25.7 Å². The van der Waals surface area contributed by atoms with Crippen LogP contribution in [0.3, 0.4) is 0 Å². The zero-order valence-electron chi connectivity index (χ0n) is 10.8. The van der Waals surface area contributed by atoms with E-state index in [4.69, 9.17) is 5.73 Å². The van der Waals surface area contributed by atoms with Gasteiger partial charge in [0.1, 0.15) is 5.75 Å². The maximum absolute atomic E-state index is 12.1. The van der Waals surface area contributed by atoms with Gasteiger partial charge in [-0.1, -0.05) is 12.8 Å². The van der Waals surface area contributed by atoms with Crippen LogP contribution in [-0.2, 0) is 0 Å². The highest BCUT2D eigenvalue weighted by atomic mass is 16.3. The summed E-state index contributed by atoms with van der Waals surface area (Å²) in [4.78, 5) is 12.1. The Labute approximate surface area is 112 Å². The van der Waals surface area contributed by atoms with Gasteiger partial charge >= 0.3 is 0 Å². The van der Waals surface area contributed by atoms with Crippen LogP contribution in [0.2, 0.25) is 0 Å². The topological polar surface area (TPSA) is 95.6 Å². The van der Waals surface area contributed by atoms with E-state index in [2.05, 4.69) is 5.32 Å². The SMILES string of the molecule is Nc1ccc(C(=O)NC2CCCCC2CO)cc1O. The quantitative estimate of drug-likeness (QED) is 0.488. The molecule has 2 rings (SSSR count). The average Bonchev–Trinajstić information content (AvgIpc) is 2.42. The minimum Gasteiger partial charge on any atom is -0.506 e. The molecule has 1 aliphatic rings. The summed E-state index contributed by atoms with van der Waals surface area (Å²) in [5.41, 5.74) is 6.14. The number of rotatable bonds is 3. The van der Waals surface area contributed by atoms with Gasteiger partial charge in [-0.15, -0.1) is 0 Å². The molecule has 5 nitrogen and oxygen atoms in total. The molecule has 0 saturated heterocycles. The Morgan fingerprint density at radius 3 is 2.79 bits per heavy atom. The van der Waals surface area contributed by atoms with Gasteiger partial charge in [0.15, 0.2) is 0 Å². The van der Waals surface area contributed by atoms with Crippen molar-refractivity contribution in [3.63, 3.8) is 0 Å². The smallest absolute Gasteiger partial charge is 0.251 e. The minimum atomic E-state index is -0.236. The van der Waals surface area contributed by atoms with E-state index in [1.165, 1.54) is 12.1 Å². The molecule has 0 heterocycles. The predicted molar refractivity (Wildman–Crippen MR) is 72.8 cm³/mol. The molecule has 5 heteroatoms. The number of nitrogens with one attached hydrogen (secondary N) is 1. The molecule has 0 spiro atoms. The fourth-order valence-corrected chi connectivity index (χ4v) is 2.55. The summed E-state index contributed by atoms with van der Waals surface area (Å²) in [6.07, 6.45) is 3.99. The molecule has 104 valence electrons. The van der Waals surface area contributed by atoms with Crippen LogP contribution in [0, 0.1) is 5.92 Å². The van der Waals surface area contributed by atoms with Crippen molar-refractivity contribution in [2.45, 2.75) is 31.7 Å². The van der Waals surface area contributed by atoms with Crippen LogP contribution in [-0.4, -0.2) is 28.8 Å². The zero-order valence-corrected chi connectivity index (χ0v) is 10.8. The van der Waals surface area contributed by atoms with Crippen LogP contribution in [0.15, 0.2) is 18.2 Å². The first-order chi connectivity index (χ1) is 9.11. The van der Waals surface area contributed by atoms with E-state index in [0.29, 0.717) is 5.56 Å². The summed E-state index contributed by atoms with van der Waals surface area (Å²) in [5.74, 6) is -0.198. The Bertz CT molecular complexity index is 462. The van der Waals surface area contributed by atoms with E-state index >= 15 is 0 Å². The fourth-order valence-electron chi connectivity index (χ4n) is 2.55. The first-order valence-electron chi connectivity index (χ1n) is 6.62. The highest BCUT2D eigenvalue weighted by Gasteiger charge is 2.26. The number of aromatic hydroxyl groups is 1. The third-order valence-corrected chi connectivity index (χ3v) is 3.75. The summed E-state index contributed by atoms with van der Waals surface area (Å²) in [6.45, 7) is 0.0952. The zero-order chi connectivity index (χ0) is 13.8. The lowest BCUT2D eigenvalue weighted by Gasteiger charge is -2.30. The molecular weight excluding hydrogens is 244 g/mol. The average molecular weight is 264 g/mol. The number of benzene rings is 1. The van der Waals surface area contributed by atoms with E-state index in [9.17, 15) is 15.0 Å². The molecule has 0 aromatic heterocycles. The van der Waals surface area contributed by atoms with Gasteiger partial charge in [-0.05, 0) is 31.0 Å². The highest BCUT2D eigenvalue weighted by Crippen LogP contribution is 2.25. The third kappa shape index (κ3) is 3.17. The van der Waals surface area contributed by atoms with Gasteiger partial charge in [0.25, 0.3) is 5.91 Å². The van der Waals surface area contributed by atoms with Gasteiger partial charge in [-0.3, -0.25) is 4.79 Å². The number of carbonyl (C=O) groups excluding carboxylic acids is 1. The molecule has 1 aromatic rings. The molecule has 5 N–H and O–H groups in total. The molecule has 2 unspecified atom stereocenters. The monoisotopic (exact) mass is 264 g/mol. The second-order valence-corrected chi connectivity index (χ2v) is 5.08. The van der Waals surface area contributed by atoms with E-state index in [1.807, 2.05) is 0 Å². The van der Waals surface area contributed by atoms with Gasteiger partial charge in [-0.2, -0.15) is 0 Å². The number of carbonyl (C=O) groups is 1. The minimum absolute atomic E-state index is 0.00551. The molecule has 1 aliphatic carbocycles. The van der Waals surface area contributed by atoms with Crippen LogP contribution >= 0.6 is 0 Å². The molecule has 0 bridgehead atoms. The largest absolute Gasteiger partial charge is 0.506 e. The van der Waals surface area contributed by atoms with E-state index in [1.54, 1.807) is 6.07 Å². The summed E-state index contributed by atoms with van der Waals surface area (Å²) in [6, 6.07) is 4.46.